The van der Waals surface area contributed by atoms with E-state index in [1.807, 2.05) is 20.8 Å². The molecule has 0 saturated carbocycles. The Morgan fingerprint density at radius 3 is 2.92 bits per heavy atom. The van der Waals surface area contributed by atoms with Crippen molar-refractivity contribution in [1.29, 1.82) is 0 Å². The summed E-state index contributed by atoms with van der Waals surface area (Å²) in [4.78, 5) is 14.0. The van der Waals surface area contributed by atoms with Crippen LogP contribution in [0.2, 0.25) is 5.02 Å². The lowest BCUT2D eigenvalue weighted by Crippen LogP contribution is -2.54. The van der Waals surface area contributed by atoms with Crippen molar-refractivity contribution < 1.29 is 18.7 Å². The van der Waals surface area contributed by atoms with Crippen LogP contribution in [-0.4, -0.2) is 48.9 Å². The highest BCUT2D eigenvalue weighted by atomic mass is 35.5. The Morgan fingerprint density at radius 2 is 2.25 bits per heavy atom. The van der Waals surface area contributed by atoms with E-state index in [9.17, 15) is 9.18 Å². The molecule has 24 heavy (non-hydrogen) atoms. The molecule has 1 aliphatic heterocycles. The van der Waals surface area contributed by atoms with Crippen molar-refractivity contribution in [3.8, 4) is 0 Å². The van der Waals surface area contributed by atoms with E-state index in [2.05, 4.69) is 5.32 Å². The SMILES string of the molecule is CC(C)(C)OC(=O)N1CCOCC1CNCc1ccc(Cl)cc1F. The van der Waals surface area contributed by atoms with Gasteiger partial charge in [0.2, 0.25) is 0 Å². The highest BCUT2D eigenvalue weighted by Crippen LogP contribution is 2.16. The summed E-state index contributed by atoms with van der Waals surface area (Å²) in [6.45, 7) is 7.74. The number of carbonyl (C=O) groups excluding carboxylic acids is 1. The minimum Gasteiger partial charge on any atom is -0.444 e. The molecule has 134 valence electrons. The van der Waals surface area contributed by atoms with Crippen LogP contribution in [0.1, 0.15) is 26.3 Å². The van der Waals surface area contributed by atoms with Crippen LogP contribution in [-0.2, 0) is 16.0 Å². The van der Waals surface area contributed by atoms with Crippen molar-refractivity contribution >= 4 is 17.7 Å². The second-order valence-corrected chi connectivity index (χ2v) is 7.21. The largest absolute Gasteiger partial charge is 0.444 e. The molecule has 1 saturated heterocycles. The zero-order valence-corrected chi connectivity index (χ0v) is 15.0. The molecule has 0 spiro atoms. The smallest absolute Gasteiger partial charge is 0.410 e. The predicted octanol–water partition coefficient (Wildman–Crippen LogP) is 3.20. The monoisotopic (exact) mass is 358 g/mol. The number of rotatable bonds is 4. The van der Waals surface area contributed by atoms with E-state index in [1.165, 1.54) is 6.07 Å². The Balaban J connectivity index is 1.90. The van der Waals surface area contributed by atoms with Crippen LogP contribution in [0.5, 0.6) is 0 Å². The Morgan fingerprint density at radius 1 is 1.50 bits per heavy atom. The highest BCUT2D eigenvalue weighted by Gasteiger charge is 2.30. The molecular formula is C17H24ClFN2O3. The Labute approximate surface area is 147 Å². The number of carbonyl (C=O) groups is 1. The first-order chi connectivity index (χ1) is 11.3. The van der Waals surface area contributed by atoms with E-state index in [4.69, 9.17) is 21.1 Å². The number of nitrogens with zero attached hydrogens (tertiary/aromatic N) is 1. The number of amides is 1. The molecule has 5 nitrogen and oxygen atoms in total. The number of morpholine rings is 1. The molecule has 1 N–H and O–H groups in total. The molecule has 0 bridgehead atoms. The minimum atomic E-state index is -0.542. The molecule has 1 aromatic rings. The molecule has 0 aliphatic carbocycles. The third-order valence-electron chi connectivity index (χ3n) is 3.57. The normalized spacial score (nSPS) is 18.5. The standard InChI is InChI=1S/C17H24ClFN2O3/c1-17(2,3)24-16(22)21-6-7-23-11-14(21)10-20-9-12-4-5-13(18)8-15(12)19/h4-5,8,14,20H,6-7,9-11H2,1-3H3. The molecule has 1 atom stereocenters. The van der Waals surface area contributed by atoms with Crippen molar-refractivity contribution in [2.45, 2.75) is 39.0 Å². The van der Waals surface area contributed by atoms with E-state index < -0.39 is 5.60 Å². The lowest BCUT2D eigenvalue weighted by molar-refractivity contribution is -0.0317. The van der Waals surface area contributed by atoms with Crippen LogP contribution in [0.4, 0.5) is 9.18 Å². The number of halogens is 2. The highest BCUT2D eigenvalue weighted by molar-refractivity contribution is 6.30. The summed E-state index contributed by atoms with van der Waals surface area (Å²) in [7, 11) is 0. The van der Waals surface area contributed by atoms with Crippen LogP contribution in [0.15, 0.2) is 18.2 Å². The number of hydrogen-bond donors (Lipinski definition) is 1. The van der Waals surface area contributed by atoms with Crippen molar-refractivity contribution in [1.82, 2.24) is 10.2 Å². The van der Waals surface area contributed by atoms with Gasteiger partial charge in [0.1, 0.15) is 11.4 Å². The summed E-state index contributed by atoms with van der Waals surface area (Å²) in [5, 5.41) is 3.54. The van der Waals surface area contributed by atoms with Gasteiger partial charge in [-0.05, 0) is 32.9 Å². The average molecular weight is 359 g/mol. The molecular weight excluding hydrogens is 335 g/mol. The third-order valence-corrected chi connectivity index (χ3v) is 3.80. The van der Waals surface area contributed by atoms with E-state index in [0.717, 1.165) is 0 Å². The molecule has 0 radical (unpaired) electrons. The van der Waals surface area contributed by atoms with Crippen LogP contribution < -0.4 is 5.32 Å². The zero-order chi connectivity index (χ0) is 17.7. The number of benzene rings is 1. The van der Waals surface area contributed by atoms with Gasteiger partial charge in [0.15, 0.2) is 0 Å². The summed E-state index contributed by atoms with van der Waals surface area (Å²) in [6.07, 6.45) is -0.352. The summed E-state index contributed by atoms with van der Waals surface area (Å²) in [5.41, 5.74) is -0.0141. The van der Waals surface area contributed by atoms with Crippen molar-refractivity contribution in [3.63, 3.8) is 0 Å². The van der Waals surface area contributed by atoms with Gasteiger partial charge in [0.05, 0.1) is 19.3 Å². The molecule has 1 unspecified atom stereocenters. The Bertz CT molecular complexity index is 577. The van der Waals surface area contributed by atoms with Crippen LogP contribution in [0.25, 0.3) is 0 Å². The fourth-order valence-electron chi connectivity index (χ4n) is 2.42. The maximum Gasteiger partial charge on any atom is 0.410 e. The molecule has 0 aromatic heterocycles. The topological polar surface area (TPSA) is 50.8 Å². The van der Waals surface area contributed by atoms with Gasteiger partial charge in [-0.15, -0.1) is 0 Å². The lowest BCUT2D eigenvalue weighted by atomic mass is 10.2. The Hall–Kier alpha value is -1.37. The summed E-state index contributed by atoms with van der Waals surface area (Å²) in [5.74, 6) is -0.348. The van der Waals surface area contributed by atoms with Gasteiger partial charge in [-0.2, -0.15) is 0 Å². The molecule has 7 heteroatoms. The van der Waals surface area contributed by atoms with Gasteiger partial charge in [-0.3, -0.25) is 4.90 Å². The van der Waals surface area contributed by atoms with Crippen molar-refractivity contribution in [3.05, 3.63) is 34.6 Å². The molecule has 1 amide bonds. The molecule has 1 heterocycles. The van der Waals surface area contributed by atoms with Gasteiger partial charge in [-0.25, -0.2) is 9.18 Å². The predicted molar refractivity (Wildman–Crippen MR) is 90.7 cm³/mol. The minimum absolute atomic E-state index is 0.149. The average Bonchev–Trinajstić information content (AvgIpc) is 2.48. The van der Waals surface area contributed by atoms with Gasteiger partial charge in [0, 0.05) is 30.2 Å². The molecule has 2 rings (SSSR count). The summed E-state index contributed by atoms with van der Waals surface area (Å²) in [6, 6.07) is 4.44. The number of nitrogens with one attached hydrogen (secondary N) is 1. The van der Waals surface area contributed by atoms with Crippen molar-refractivity contribution in [2.75, 3.05) is 26.3 Å². The van der Waals surface area contributed by atoms with E-state index in [1.54, 1.807) is 17.0 Å². The van der Waals surface area contributed by atoms with Crippen molar-refractivity contribution in [2.24, 2.45) is 0 Å². The zero-order valence-electron chi connectivity index (χ0n) is 14.3. The van der Waals surface area contributed by atoms with E-state index in [0.29, 0.717) is 43.4 Å². The second-order valence-electron chi connectivity index (χ2n) is 6.77. The van der Waals surface area contributed by atoms with Gasteiger partial charge in [-0.1, -0.05) is 17.7 Å². The van der Waals surface area contributed by atoms with E-state index >= 15 is 0 Å². The molecule has 1 aliphatic rings. The third kappa shape index (κ3) is 5.61. The Kier molecular flexibility index (Phi) is 6.43. The van der Waals surface area contributed by atoms with Gasteiger partial charge in [0.25, 0.3) is 0 Å². The fraction of sp³-hybridized carbons (Fsp3) is 0.588. The lowest BCUT2D eigenvalue weighted by Gasteiger charge is -2.36. The van der Waals surface area contributed by atoms with Crippen LogP contribution in [0.3, 0.4) is 0 Å². The van der Waals surface area contributed by atoms with Gasteiger partial charge >= 0.3 is 6.09 Å². The number of hydrogen-bond acceptors (Lipinski definition) is 4. The maximum atomic E-state index is 13.8. The number of ether oxygens (including phenoxy) is 2. The first-order valence-electron chi connectivity index (χ1n) is 7.98. The first-order valence-corrected chi connectivity index (χ1v) is 8.36. The first kappa shape index (κ1) is 19.0. The summed E-state index contributed by atoms with van der Waals surface area (Å²) >= 11 is 5.74. The maximum absolute atomic E-state index is 13.8. The fourth-order valence-corrected chi connectivity index (χ4v) is 2.58. The summed E-state index contributed by atoms with van der Waals surface area (Å²) < 4.78 is 24.7. The van der Waals surface area contributed by atoms with Crippen LogP contribution >= 0.6 is 11.6 Å². The quantitative estimate of drug-likeness (QED) is 0.898. The molecule has 1 fully saturated rings. The van der Waals surface area contributed by atoms with E-state index in [-0.39, 0.29) is 18.0 Å². The van der Waals surface area contributed by atoms with Crippen LogP contribution in [0, 0.1) is 5.82 Å². The molecule has 1 aromatic carbocycles. The van der Waals surface area contributed by atoms with Gasteiger partial charge < -0.3 is 14.8 Å². The second kappa shape index (κ2) is 8.14.